The minimum atomic E-state index is -0.00694. The van der Waals surface area contributed by atoms with E-state index >= 15 is 0 Å². The van der Waals surface area contributed by atoms with Crippen LogP contribution in [0.4, 0.5) is 0 Å². The molecule has 0 radical (unpaired) electrons. The highest BCUT2D eigenvalue weighted by Crippen LogP contribution is 2.72. The maximum atomic E-state index is 11.5. The summed E-state index contributed by atoms with van der Waals surface area (Å²) in [6.07, 6.45) is 7.40. The molecule has 2 bridgehead atoms. The fourth-order valence-electron chi connectivity index (χ4n) is 4.65. The van der Waals surface area contributed by atoms with Crippen LogP contribution >= 0.6 is 0 Å². The summed E-state index contributed by atoms with van der Waals surface area (Å²) in [5, 5.41) is 0. The normalized spacial score (nSPS) is 55.1. The van der Waals surface area contributed by atoms with Gasteiger partial charge in [0.05, 0.1) is 0 Å². The van der Waals surface area contributed by atoms with Crippen molar-refractivity contribution in [3.05, 3.63) is 12.2 Å². The van der Waals surface area contributed by atoms with Crippen molar-refractivity contribution in [1.29, 1.82) is 0 Å². The summed E-state index contributed by atoms with van der Waals surface area (Å²) < 4.78 is 0. The fraction of sp³-hybridized carbons (Fsp3) is 0.769. The van der Waals surface area contributed by atoms with E-state index in [9.17, 15) is 4.79 Å². The Labute approximate surface area is 85.6 Å². The SMILES string of the molecule is C=C1[C@H]2C[C@H]3CCC[C@]1(C)[C@@]3(C=O)C2. The van der Waals surface area contributed by atoms with Gasteiger partial charge in [-0.2, -0.15) is 0 Å². The predicted molar refractivity (Wildman–Crippen MR) is 55.8 cm³/mol. The first-order valence-corrected chi connectivity index (χ1v) is 5.80. The smallest absolute Gasteiger partial charge is 0.127 e. The van der Waals surface area contributed by atoms with Gasteiger partial charge in [0, 0.05) is 10.8 Å². The summed E-state index contributed by atoms with van der Waals surface area (Å²) in [4.78, 5) is 11.5. The maximum absolute atomic E-state index is 11.5. The second kappa shape index (κ2) is 2.32. The largest absolute Gasteiger partial charge is 0.303 e. The van der Waals surface area contributed by atoms with Gasteiger partial charge in [0.1, 0.15) is 6.29 Å². The number of fused-ring (bicyclic) bond motifs is 1. The molecule has 14 heavy (non-hydrogen) atoms. The molecule has 0 unspecified atom stereocenters. The number of carbonyl (C=O) groups excluding carboxylic acids is 1. The Hall–Kier alpha value is -0.590. The molecule has 0 heterocycles. The van der Waals surface area contributed by atoms with Crippen LogP contribution < -0.4 is 0 Å². The van der Waals surface area contributed by atoms with E-state index in [4.69, 9.17) is 0 Å². The van der Waals surface area contributed by atoms with Crippen molar-refractivity contribution >= 4 is 6.29 Å². The molecule has 0 aromatic rings. The summed E-state index contributed by atoms with van der Waals surface area (Å²) in [7, 11) is 0. The van der Waals surface area contributed by atoms with Gasteiger partial charge in [-0.25, -0.2) is 0 Å². The number of allylic oxidation sites excluding steroid dienone is 1. The van der Waals surface area contributed by atoms with Crippen LogP contribution in [-0.2, 0) is 4.79 Å². The van der Waals surface area contributed by atoms with E-state index < -0.39 is 0 Å². The standard InChI is InChI=1S/C13H18O/c1-9-10-6-11-4-3-5-12(9,2)13(11,7-10)8-14/h8,10-11H,1,3-7H2,2H3/t10-,11+,12-,13+/m0/s1. The lowest BCUT2D eigenvalue weighted by molar-refractivity contribution is -0.127. The van der Waals surface area contributed by atoms with Gasteiger partial charge >= 0.3 is 0 Å². The predicted octanol–water partition coefficient (Wildman–Crippen LogP) is 2.96. The van der Waals surface area contributed by atoms with E-state index in [2.05, 4.69) is 13.5 Å². The number of rotatable bonds is 1. The van der Waals surface area contributed by atoms with Gasteiger partial charge in [0.25, 0.3) is 0 Å². The Morgan fingerprint density at radius 1 is 1.57 bits per heavy atom. The third-order valence-corrected chi connectivity index (χ3v) is 5.55. The van der Waals surface area contributed by atoms with Gasteiger partial charge < -0.3 is 4.79 Å². The molecule has 0 aliphatic heterocycles. The van der Waals surface area contributed by atoms with Crippen LogP contribution in [0.5, 0.6) is 0 Å². The van der Waals surface area contributed by atoms with Gasteiger partial charge in [0.2, 0.25) is 0 Å². The number of hydrogen-bond donors (Lipinski definition) is 0. The Morgan fingerprint density at radius 3 is 3.00 bits per heavy atom. The molecular weight excluding hydrogens is 172 g/mol. The first-order valence-electron chi connectivity index (χ1n) is 5.80. The zero-order valence-electron chi connectivity index (χ0n) is 8.88. The Kier molecular flexibility index (Phi) is 1.44. The van der Waals surface area contributed by atoms with Gasteiger partial charge in [0.15, 0.2) is 0 Å². The van der Waals surface area contributed by atoms with Crippen LogP contribution in [-0.4, -0.2) is 6.29 Å². The van der Waals surface area contributed by atoms with E-state index in [1.54, 1.807) is 0 Å². The van der Waals surface area contributed by atoms with E-state index in [0.717, 1.165) is 6.42 Å². The monoisotopic (exact) mass is 190 g/mol. The van der Waals surface area contributed by atoms with Crippen molar-refractivity contribution in [2.24, 2.45) is 22.7 Å². The average molecular weight is 190 g/mol. The Morgan fingerprint density at radius 2 is 2.36 bits per heavy atom. The molecule has 1 nitrogen and oxygen atoms in total. The molecule has 0 saturated heterocycles. The van der Waals surface area contributed by atoms with Crippen molar-refractivity contribution < 1.29 is 4.79 Å². The van der Waals surface area contributed by atoms with Gasteiger partial charge in [-0.05, 0) is 37.5 Å². The molecular formula is C13H18O. The summed E-state index contributed by atoms with van der Waals surface area (Å²) in [5.41, 5.74) is 1.54. The van der Waals surface area contributed by atoms with Crippen LogP contribution in [0.15, 0.2) is 12.2 Å². The van der Waals surface area contributed by atoms with Crippen molar-refractivity contribution in [1.82, 2.24) is 0 Å². The lowest BCUT2D eigenvalue weighted by Crippen LogP contribution is -2.47. The topological polar surface area (TPSA) is 17.1 Å². The van der Waals surface area contributed by atoms with Gasteiger partial charge in [-0.15, -0.1) is 0 Å². The molecule has 3 aliphatic rings. The average Bonchev–Trinajstić information content (AvgIpc) is 2.65. The lowest BCUT2D eigenvalue weighted by atomic mass is 9.52. The zero-order chi connectivity index (χ0) is 9.97. The summed E-state index contributed by atoms with van der Waals surface area (Å²) >= 11 is 0. The summed E-state index contributed by atoms with van der Waals surface area (Å²) in [6, 6.07) is 0. The Bertz CT molecular complexity index is 319. The summed E-state index contributed by atoms with van der Waals surface area (Å²) in [5.74, 6) is 1.34. The van der Waals surface area contributed by atoms with Crippen LogP contribution in [0.3, 0.4) is 0 Å². The van der Waals surface area contributed by atoms with Gasteiger partial charge in [-0.3, -0.25) is 0 Å². The van der Waals surface area contributed by atoms with Gasteiger partial charge in [-0.1, -0.05) is 25.5 Å². The minimum absolute atomic E-state index is 0.00694. The highest BCUT2D eigenvalue weighted by atomic mass is 16.1. The zero-order valence-corrected chi connectivity index (χ0v) is 8.88. The molecule has 3 aliphatic carbocycles. The minimum Gasteiger partial charge on any atom is -0.303 e. The van der Waals surface area contributed by atoms with Crippen molar-refractivity contribution in [2.45, 2.75) is 39.0 Å². The highest BCUT2D eigenvalue weighted by molar-refractivity contribution is 5.67. The molecule has 76 valence electrons. The van der Waals surface area contributed by atoms with E-state index in [1.165, 1.54) is 37.5 Å². The maximum Gasteiger partial charge on any atom is 0.127 e. The highest BCUT2D eigenvalue weighted by Gasteiger charge is 2.66. The molecule has 0 amide bonds. The summed E-state index contributed by atoms with van der Waals surface area (Å²) in [6.45, 7) is 6.55. The molecule has 0 aromatic heterocycles. The van der Waals surface area contributed by atoms with E-state index in [1.807, 2.05) is 0 Å². The number of carbonyl (C=O) groups is 1. The molecule has 0 N–H and O–H groups in total. The van der Waals surface area contributed by atoms with Crippen molar-refractivity contribution in [3.63, 3.8) is 0 Å². The number of hydrogen-bond acceptors (Lipinski definition) is 1. The van der Waals surface area contributed by atoms with E-state index in [0.29, 0.717) is 11.8 Å². The molecule has 3 fully saturated rings. The quantitative estimate of drug-likeness (QED) is 0.459. The third kappa shape index (κ3) is 0.656. The van der Waals surface area contributed by atoms with Crippen molar-refractivity contribution in [3.8, 4) is 0 Å². The first-order chi connectivity index (χ1) is 6.64. The molecule has 1 heteroatoms. The van der Waals surface area contributed by atoms with E-state index in [-0.39, 0.29) is 10.8 Å². The Balaban J connectivity index is 2.17. The second-order valence-corrected chi connectivity index (χ2v) is 5.74. The lowest BCUT2D eigenvalue weighted by Gasteiger charge is -2.51. The van der Waals surface area contributed by atoms with Crippen LogP contribution in [0.25, 0.3) is 0 Å². The first kappa shape index (κ1) is 8.70. The molecule has 0 aromatic carbocycles. The van der Waals surface area contributed by atoms with Crippen molar-refractivity contribution in [2.75, 3.05) is 0 Å². The fourth-order valence-corrected chi connectivity index (χ4v) is 4.65. The van der Waals surface area contributed by atoms with Crippen LogP contribution in [0.2, 0.25) is 0 Å². The molecule has 4 atom stereocenters. The van der Waals surface area contributed by atoms with Crippen LogP contribution in [0.1, 0.15) is 39.0 Å². The second-order valence-electron chi connectivity index (χ2n) is 5.74. The molecule has 3 rings (SSSR count). The molecule has 3 saturated carbocycles. The number of aldehydes is 1. The third-order valence-electron chi connectivity index (χ3n) is 5.55. The molecule has 0 spiro atoms. The van der Waals surface area contributed by atoms with Crippen LogP contribution in [0, 0.1) is 22.7 Å².